The second-order valence-electron chi connectivity index (χ2n) is 4.31. The van der Waals surface area contributed by atoms with Gasteiger partial charge in [-0.3, -0.25) is 4.79 Å². The van der Waals surface area contributed by atoms with Crippen LogP contribution in [0.2, 0.25) is 0 Å². The quantitative estimate of drug-likeness (QED) is 0.789. The van der Waals surface area contributed by atoms with Crippen LogP contribution in [0.4, 0.5) is 0 Å². The third kappa shape index (κ3) is 1.66. The van der Waals surface area contributed by atoms with Gasteiger partial charge in [0.2, 0.25) is 0 Å². The number of likely N-dealkylation sites (tertiary alicyclic amines) is 1. The van der Waals surface area contributed by atoms with E-state index in [0.29, 0.717) is 6.61 Å². The number of amides is 1. The normalized spacial score (nSPS) is 27.4. The van der Waals surface area contributed by atoms with Crippen LogP contribution >= 0.6 is 15.9 Å². The van der Waals surface area contributed by atoms with Crippen LogP contribution in [0.25, 0.3) is 0 Å². The topological polar surface area (TPSA) is 29.5 Å². The highest BCUT2D eigenvalue weighted by atomic mass is 79.9. The fourth-order valence-corrected chi connectivity index (χ4v) is 2.83. The number of rotatable bonds is 1. The summed E-state index contributed by atoms with van der Waals surface area (Å²) < 4.78 is 6.43. The van der Waals surface area contributed by atoms with E-state index in [1.54, 1.807) is 0 Å². The Bertz CT molecular complexity index is 435. The Morgan fingerprint density at radius 3 is 3.00 bits per heavy atom. The second kappa shape index (κ2) is 3.86. The van der Waals surface area contributed by atoms with Crippen molar-refractivity contribution in [3.63, 3.8) is 0 Å². The first-order chi connectivity index (χ1) is 7.74. The van der Waals surface area contributed by atoms with Crippen molar-refractivity contribution < 1.29 is 9.53 Å². The van der Waals surface area contributed by atoms with E-state index in [2.05, 4.69) is 15.9 Å². The number of fused-ring (bicyclic) bond motifs is 2. The Kier molecular flexibility index (Phi) is 2.48. The van der Waals surface area contributed by atoms with E-state index >= 15 is 0 Å². The number of benzene rings is 1. The van der Waals surface area contributed by atoms with Gasteiger partial charge in [-0.05, 0) is 24.6 Å². The van der Waals surface area contributed by atoms with Crippen molar-refractivity contribution >= 4 is 21.8 Å². The molecule has 0 aromatic heterocycles. The van der Waals surface area contributed by atoms with Crippen molar-refractivity contribution in [3.8, 4) is 0 Å². The van der Waals surface area contributed by atoms with Crippen LogP contribution < -0.4 is 0 Å². The first kappa shape index (κ1) is 10.3. The predicted molar refractivity (Wildman–Crippen MR) is 63.3 cm³/mol. The Balaban J connectivity index is 1.83. The smallest absolute Gasteiger partial charge is 0.254 e. The van der Waals surface area contributed by atoms with Crippen molar-refractivity contribution in [3.05, 3.63) is 34.3 Å². The van der Waals surface area contributed by atoms with Gasteiger partial charge in [0, 0.05) is 16.6 Å². The monoisotopic (exact) mass is 281 g/mol. The van der Waals surface area contributed by atoms with Gasteiger partial charge in [0.25, 0.3) is 5.91 Å². The van der Waals surface area contributed by atoms with Crippen molar-refractivity contribution in [1.29, 1.82) is 0 Å². The number of hydrogen-bond donors (Lipinski definition) is 0. The van der Waals surface area contributed by atoms with Crippen LogP contribution in [0.1, 0.15) is 16.8 Å². The lowest BCUT2D eigenvalue weighted by atomic mass is 10.2. The highest BCUT2D eigenvalue weighted by Gasteiger charge is 2.41. The molecule has 3 nitrogen and oxygen atoms in total. The minimum Gasteiger partial charge on any atom is -0.374 e. The fraction of sp³-hybridized carbons (Fsp3) is 0.417. The molecule has 1 aromatic rings. The molecule has 3 rings (SSSR count). The van der Waals surface area contributed by atoms with E-state index in [1.807, 2.05) is 29.2 Å². The van der Waals surface area contributed by atoms with Crippen LogP contribution in [-0.2, 0) is 4.74 Å². The van der Waals surface area contributed by atoms with Gasteiger partial charge in [-0.1, -0.05) is 22.0 Å². The highest BCUT2D eigenvalue weighted by Crippen LogP contribution is 2.29. The molecule has 2 heterocycles. The number of ether oxygens (including phenoxy) is 1. The molecular formula is C12H12BrNO2. The summed E-state index contributed by atoms with van der Waals surface area (Å²) in [6.45, 7) is 1.44. The Labute approximate surface area is 103 Å². The van der Waals surface area contributed by atoms with E-state index in [1.165, 1.54) is 0 Å². The average molecular weight is 282 g/mol. The Hall–Kier alpha value is -0.870. The van der Waals surface area contributed by atoms with Crippen molar-refractivity contribution in [2.75, 3.05) is 13.2 Å². The van der Waals surface area contributed by atoms with E-state index < -0.39 is 0 Å². The maximum atomic E-state index is 12.2. The van der Waals surface area contributed by atoms with Gasteiger partial charge in [-0.15, -0.1) is 0 Å². The lowest BCUT2D eigenvalue weighted by molar-refractivity contribution is 0.0259. The fourth-order valence-electron chi connectivity index (χ4n) is 2.44. The molecule has 2 fully saturated rings. The summed E-state index contributed by atoms with van der Waals surface area (Å²) in [5.41, 5.74) is 0.752. The van der Waals surface area contributed by atoms with Crippen molar-refractivity contribution in [2.45, 2.75) is 18.6 Å². The molecule has 0 radical (unpaired) electrons. The molecule has 2 aliphatic rings. The number of morpholine rings is 1. The zero-order chi connectivity index (χ0) is 11.1. The number of nitrogens with zero attached hydrogens (tertiary/aromatic N) is 1. The largest absolute Gasteiger partial charge is 0.374 e. The van der Waals surface area contributed by atoms with E-state index in [0.717, 1.165) is 23.0 Å². The number of hydrogen-bond acceptors (Lipinski definition) is 2. The molecule has 2 bridgehead atoms. The third-order valence-corrected chi connectivity index (χ3v) is 3.73. The zero-order valence-electron chi connectivity index (χ0n) is 8.73. The molecule has 2 aliphatic heterocycles. The molecule has 4 heteroatoms. The molecule has 0 spiro atoms. The molecule has 1 amide bonds. The summed E-state index contributed by atoms with van der Waals surface area (Å²) in [5, 5.41) is 0. The third-order valence-electron chi connectivity index (χ3n) is 3.23. The molecule has 2 saturated heterocycles. The molecule has 16 heavy (non-hydrogen) atoms. The Morgan fingerprint density at radius 1 is 1.50 bits per heavy atom. The Morgan fingerprint density at radius 2 is 2.38 bits per heavy atom. The average Bonchev–Trinajstić information content (AvgIpc) is 2.89. The molecule has 2 unspecified atom stereocenters. The van der Waals surface area contributed by atoms with Crippen LogP contribution in [-0.4, -0.2) is 36.1 Å². The first-order valence-electron chi connectivity index (χ1n) is 5.42. The zero-order valence-corrected chi connectivity index (χ0v) is 10.3. The first-order valence-corrected chi connectivity index (χ1v) is 6.21. The van der Waals surface area contributed by atoms with Gasteiger partial charge in [0.15, 0.2) is 0 Å². The summed E-state index contributed by atoms with van der Waals surface area (Å²) in [6, 6.07) is 7.84. The highest BCUT2D eigenvalue weighted by molar-refractivity contribution is 9.10. The van der Waals surface area contributed by atoms with Gasteiger partial charge in [-0.25, -0.2) is 0 Å². The summed E-state index contributed by atoms with van der Waals surface area (Å²) in [6.07, 6.45) is 1.26. The summed E-state index contributed by atoms with van der Waals surface area (Å²) >= 11 is 3.38. The standard InChI is InChI=1S/C12H12BrNO2/c13-9-3-1-2-8(4-9)12(15)14-6-11-5-10(14)7-16-11/h1-4,10-11H,5-7H2. The lowest BCUT2D eigenvalue weighted by Crippen LogP contribution is -2.41. The molecule has 2 atom stereocenters. The predicted octanol–water partition coefficient (Wildman–Crippen LogP) is 2.06. The van der Waals surface area contributed by atoms with Gasteiger partial charge < -0.3 is 9.64 Å². The maximum Gasteiger partial charge on any atom is 0.254 e. The van der Waals surface area contributed by atoms with Crippen LogP contribution in [0.3, 0.4) is 0 Å². The number of halogens is 1. The van der Waals surface area contributed by atoms with E-state index in [-0.39, 0.29) is 18.1 Å². The van der Waals surface area contributed by atoms with Gasteiger partial charge >= 0.3 is 0 Å². The van der Waals surface area contributed by atoms with E-state index in [4.69, 9.17) is 4.74 Å². The number of carbonyl (C=O) groups is 1. The van der Waals surface area contributed by atoms with Crippen LogP contribution in [0.15, 0.2) is 28.7 Å². The van der Waals surface area contributed by atoms with Crippen LogP contribution in [0.5, 0.6) is 0 Å². The van der Waals surface area contributed by atoms with Gasteiger partial charge in [-0.2, -0.15) is 0 Å². The molecule has 0 N–H and O–H groups in total. The van der Waals surface area contributed by atoms with E-state index in [9.17, 15) is 4.79 Å². The van der Waals surface area contributed by atoms with Crippen LogP contribution in [0, 0.1) is 0 Å². The minimum atomic E-state index is 0.122. The molecule has 0 aliphatic carbocycles. The maximum absolute atomic E-state index is 12.2. The molecule has 84 valence electrons. The van der Waals surface area contributed by atoms with Gasteiger partial charge in [0.1, 0.15) is 0 Å². The second-order valence-corrected chi connectivity index (χ2v) is 5.23. The molecule has 0 saturated carbocycles. The summed E-state index contributed by atoms with van der Waals surface area (Å²) in [7, 11) is 0. The van der Waals surface area contributed by atoms with Crippen molar-refractivity contribution in [1.82, 2.24) is 4.90 Å². The summed E-state index contributed by atoms with van der Waals surface area (Å²) in [4.78, 5) is 14.2. The lowest BCUT2D eigenvalue weighted by Gasteiger charge is -2.26. The SMILES string of the molecule is O=C(c1cccc(Br)c1)N1CC2CC1CO2. The van der Waals surface area contributed by atoms with Crippen molar-refractivity contribution in [2.24, 2.45) is 0 Å². The number of carbonyl (C=O) groups excluding carboxylic acids is 1. The summed E-state index contributed by atoms with van der Waals surface area (Å²) in [5.74, 6) is 0.122. The molecular weight excluding hydrogens is 270 g/mol. The molecule has 1 aromatic carbocycles. The van der Waals surface area contributed by atoms with Gasteiger partial charge in [0.05, 0.1) is 18.8 Å². The minimum absolute atomic E-state index is 0.122.